The average Bonchev–Trinajstić information content (AvgIpc) is 2.24. The van der Waals surface area contributed by atoms with Gasteiger partial charge in [0.2, 0.25) is 5.60 Å². The number of hydrogen-bond donors (Lipinski definition) is 0. The third-order valence-corrected chi connectivity index (χ3v) is 15.4. The highest BCUT2D eigenvalue weighted by molar-refractivity contribution is 6.71. The first-order valence-corrected chi connectivity index (χ1v) is 17.6. The summed E-state index contributed by atoms with van der Waals surface area (Å²) in [5, 5.41) is 0. The van der Waals surface area contributed by atoms with E-state index in [1.165, 1.54) is 0 Å². The van der Waals surface area contributed by atoms with Crippen LogP contribution in [0.3, 0.4) is 0 Å². The quantitative estimate of drug-likeness (QED) is 0.423. The zero-order valence-electron chi connectivity index (χ0n) is 17.6. The minimum atomic E-state index is -2.06. The Hall–Kier alpha value is 0.628. The SMILES string of the molecule is CN(C)[Si](C)(C)OC([SiH3])(O[Si](C)(C)N(C)C)O[Si](C)(C)N(C)C. The predicted molar refractivity (Wildman–Crippen MR) is 109 cm³/mol. The molecule has 6 nitrogen and oxygen atoms in total. The average molecular weight is 398 g/mol. The zero-order chi connectivity index (χ0) is 18.9. The molecule has 0 aromatic carbocycles. The maximum Gasteiger partial charge on any atom is 0.270 e. The second-order valence-corrected chi connectivity index (χ2v) is 21.4. The zero-order valence-corrected chi connectivity index (χ0v) is 22.6. The number of hydrogen-bond acceptors (Lipinski definition) is 6. The Labute approximate surface area is 150 Å². The third-order valence-electron chi connectivity index (χ3n) is 4.54. The summed E-state index contributed by atoms with van der Waals surface area (Å²) in [7, 11) is 6.88. The van der Waals surface area contributed by atoms with Gasteiger partial charge < -0.3 is 27.0 Å². The lowest BCUT2D eigenvalue weighted by Gasteiger charge is -2.48. The van der Waals surface area contributed by atoms with Crippen molar-refractivity contribution in [2.45, 2.75) is 44.9 Å². The van der Waals surface area contributed by atoms with Gasteiger partial charge in [0, 0.05) is 0 Å². The first-order chi connectivity index (χ1) is 9.95. The van der Waals surface area contributed by atoms with Gasteiger partial charge in [-0.3, -0.25) is 0 Å². The van der Waals surface area contributed by atoms with Gasteiger partial charge in [0.05, 0.1) is 0 Å². The van der Waals surface area contributed by atoms with E-state index in [4.69, 9.17) is 13.3 Å². The molecule has 0 aromatic rings. The van der Waals surface area contributed by atoms with Crippen LogP contribution in [0.15, 0.2) is 0 Å². The second kappa shape index (κ2) is 7.89. The monoisotopic (exact) mass is 397 g/mol. The maximum absolute atomic E-state index is 6.56. The van der Waals surface area contributed by atoms with Crippen LogP contribution >= 0.6 is 0 Å². The first kappa shape index (κ1) is 23.6. The fourth-order valence-corrected chi connectivity index (χ4v) is 9.96. The Kier molecular flexibility index (Phi) is 8.10. The highest BCUT2D eigenvalue weighted by atomic mass is 28.4. The van der Waals surface area contributed by atoms with Crippen molar-refractivity contribution in [2.24, 2.45) is 0 Å². The minimum absolute atomic E-state index is 0.656. The number of nitrogens with zero attached hydrogens (tertiary/aromatic N) is 3. The van der Waals surface area contributed by atoms with Crippen molar-refractivity contribution in [1.82, 2.24) is 13.7 Å². The molecule has 0 saturated carbocycles. The van der Waals surface area contributed by atoms with Crippen LogP contribution in [0.1, 0.15) is 0 Å². The molecule has 0 N–H and O–H groups in total. The van der Waals surface area contributed by atoms with Gasteiger partial charge in [-0.2, -0.15) is 0 Å². The van der Waals surface area contributed by atoms with Gasteiger partial charge in [-0.1, -0.05) is 0 Å². The van der Waals surface area contributed by atoms with E-state index in [0.717, 1.165) is 0 Å². The van der Waals surface area contributed by atoms with Crippen molar-refractivity contribution in [2.75, 3.05) is 42.3 Å². The Balaban J connectivity index is 5.61. The van der Waals surface area contributed by atoms with Gasteiger partial charge >= 0.3 is 0 Å². The van der Waals surface area contributed by atoms with E-state index >= 15 is 0 Å². The van der Waals surface area contributed by atoms with E-state index in [0.29, 0.717) is 10.2 Å². The van der Waals surface area contributed by atoms with Gasteiger partial charge in [0.15, 0.2) is 0 Å². The lowest BCUT2D eigenvalue weighted by Crippen LogP contribution is -2.65. The van der Waals surface area contributed by atoms with Gasteiger partial charge in [-0.25, -0.2) is 0 Å². The van der Waals surface area contributed by atoms with Crippen molar-refractivity contribution in [3.63, 3.8) is 0 Å². The Bertz CT molecular complexity index is 336. The summed E-state index contributed by atoms with van der Waals surface area (Å²) < 4.78 is 26.2. The molecule has 23 heavy (non-hydrogen) atoms. The van der Waals surface area contributed by atoms with E-state index in [2.05, 4.69) is 95.3 Å². The molecule has 0 fully saturated rings. The molecule has 0 amide bonds. The van der Waals surface area contributed by atoms with Gasteiger partial charge in [0.1, 0.15) is 10.2 Å². The summed E-state index contributed by atoms with van der Waals surface area (Å²) in [4.78, 5) is 0. The second-order valence-electron chi connectivity index (χ2n) is 8.19. The molecule has 0 aliphatic heterocycles. The molecule has 0 atom stereocenters. The highest BCUT2D eigenvalue weighted by Gasteiger charge is 2.47. The van der Waals surface area contributed by atoms with E-state index in [1.807, 2.05) is 0 Å². The topological polar surface area (TPSA) is 37.4 Å². The Morgan fingerprint density at radius 1 is 0.565 bits per heavy atom. The van der Waals surface area contributed by atoms with E-state index < -0.39 is 31.0 Å². The van der Waals surface area contributed by atoms with Crippen LogP contribution in [-0.4, -0.2) is 97.3 Å². The standard InChI is InChI=1S/C13H39N3O3Si4/c1-14(2)21(7,8)17-13(20,18-22(9,10)15(3)4)19-23(11,12)16(5)6/h1-12,20H3. The highest BCUT2D eigenvalue weighted by Crippen LogP contribution is 2.28. The van der Waals surface area contributed by atoms with Gasteiger partial charge in [0.25, 0.3) is 25.4 Å². The molecule has 0 bridgehead atoms. The van der Waals surface area contributed by atoms with Crippen LogP contribution in [0.5, 0.6) is 0 Å². The lowest BCUT2D eigenvalue weighted by molar-refractivity contribution is -0.213. The fraction of sp³-hybridized carbons (Fsp3) is 1.00. The number of rotatable bonds is 9. The van der Waals surface area contributed by atoms with Crippen LogP contribution in [-0.2, 0) is 13.3 Å². The van der Waals surface area contributed by atoms with Gasteiger partial charge in [-0.05, 0) is 81.6 Å². The summed E-state index contributed by atoms with van der Waals surface area (Å²) in [5.74, 6) is 0. The summed E-state index contributed by atoms with van der Waals surface area (Å²) in [6.07, 6.45) is 0. The largest absolute Gasteiger partial charge is 0.360 e. The summed E-state index contributed by atoms with van der Waals surface area (Å²) in [5.41, 5.74) is -0.903. The van der Waals surface area contributed by atoms with Crippen molar-refractivity contribution < 1.29 is 13.3 Å². The Morgan fingerprint density at radius 3 is 0.870 bits per heavy atom. The van der Waals surface area contributed by atoms with Crippen LogP contribution in [0.4, 0.5) is 0 Å². The third kappa shape index (κ3) is 7.18. The molecular formula is C13H39N3O3Si4. The predicted octanol–water partition coefficient (Wildman–Crippen LogP) is 0.803. The van der Waals surface area contributed by atoms with Crippen molar-refractivity contribution in [3.05, 3.63) is 0 Å². The molecule has 0 unspecified atom stereocenters. The molecule has 0 radical (unpaired) electrons. The molecule has 0 heterocycles. The van der Waals surface area contributed by atoms with E-state index in [9.17, 15) is 0 Å². The molecule has 0 aromatic heterocycles. The lowest BCUT2D eigenvalue weighted by atomic mass is 11.3. The van der Waals surface area contributed by atoms with Crippen LogP contribution in [0.25, 0.3) is 0 Å². The van der Waals surface area contributed by atoms with Crippen LogP contribution in [0.2, 0.25) is 39.3 Å². The van der Waals surface area contributed by atoms with Crippen LogP contribution < -0.4 is 0 Å². The van der Waals surface area contributed by atoms with Crippen molar-refractivity contribution >= 4 is 35.7 Å². The molecule has 0 rings (SSSR count). The molecule has 0 aliphatic carbocycles. The molecular weight excluding hydrogens is 359 g/mol. The van der Waals surface area contributed by atoms with Gasteiger partial charge in [-0.15, -0.1) is 0 Å². The normalized spacial score (nSPS) is 15.3. The van der Waals surface area contributed by atoms with E-state index in [-0.39, 0.29) is 0 Å². The summed E-state index contributed by atoms with van der Waals surface area (Å²) in [6, 6.07) is 0. The first-order valence-electron chi connectivity index (χ1n) is 8.08. The fourth-order valence-electron chi connectivity index (χ4n) is 1.70. The maximum atomic E-state index is 6.56. The van der Waals surface area contributed by atoms with Crippen LogP contribution in [0, 0.1) is 0 Å². The van der Waals surface area contributed by atoms with E-state index in [1.54, 1.807) is 0 Å². The van der Waals surface area contributed by atoms with Crippen molar-refractivity contribution in [3.8, 4) is 0 Å². The summed E-state index contributed by atoms with van der Waals surface area (Å²) in [6.45, 7) is 13.1. The summed E-state index contributed by atoms with van der Waals surface area (Å²) >= 11 is 0. The smallest absolute Gasteiger partial charge is 0.270 e. The minimum Gasteiger partial charge on any atom is -0.360 e. The molecule has 0 aliphatic rings. The molecule has 0 saturated heterocycles. The molecule has 10 heteroatoms. The Morgan fingerprint density at radius 2 is 0.739 bits per heavy atom. The van der Waals surface area contributed by atoms with Crippen molar-refractivity contribution in [1.29, 1.82) is 0 Å². The molecule has 140 valence electrons. The molecule has 0 spiro atoms.